The Morgan fingerprint density at radius 2 is 2.11 bits per heavy atom. The fourth-order valence-corrected chi connectivity index (χ4v) is 2.68. The normalized spacial score (nSPS) is 31.9. The van der Waals surface area contributed by atoms with Gasteiger partial charge in [-0.3, -0.25) is 4.79 Å². The summed E-state index contributed by atoms with van der Waals surface area (Å²) in [5.74, 6) is -0.0769. The molecule has 0 aromatic rings. The van der Waals surface area contributed by atoms with Crippen molar-refractivity contribution in [2.24, 2.45) is 0 Å². The summed E-state index contributed by atoms with van der Waals surface area (Å²) in [6.07, 6.45) is 6.10. The maximum Gasteiger partial charge on any atom is 0.306 e. The number of aliphatic hydroxyl groups excluding tert-OH is 1. The molecule has 0 aliphatic carbocycles. The maximum absolute atomic E-state index is 11.0. The molecule has 2 aliphatic heterocycles. The van der Waals surface area contributed by atoms with Crippen LogP contribution < -0.4 is 0 Å². The average Bonchev–Trinajstić information content (AvgIpc) is 2.90. The third-order valence-corrected chi connectivity index (χ3v) is 3.71. The predicted molar refractivity (Wildman–Crippen MR) is 67.1 cm³/mol. The van der Waals surface area contributed by atoms with Crippen LogP contribution in [0.15, 0.2) is 12.2 Å². The van der Waals surface area contributed by atoms with E-state index in [1.54, 1.807) is 0 Å². The van der Waals surface area contributed by atoms with E-state index in [4.69, 9.17) is 14.6 Å². The van der Waals surface area contributed by atoms with E-state index in [2.05, 4.69) is 6.58 Å². The summed E-state index contributed by atoms with van der Waals surface area (Å²) in [5.41, 5.74) is 1.14. The standard InChI is InChI=1S/C14H22O4/c1-10-9-12(3-2-8-15)17-13(10)6-4-11-5-7-14(16)18-11/h11-13,15H,1-9H2/t11?,12-,13-/m0/s1. The molecule has 102 valence electrons. The lowest BCUT2D eigenvalue weighted by molar-refractivity contribution is -0.141. The van der Waals surface area contributed by atoms with E-state index in [0.29, 0.717) is 6.42 Å². The molecule has 2 fully saturated rings. The summed E-state index contributed by atoms with van der Waals surface area (Å²) in [6.45, 7) is 4.28. The topological polar surface area (TPSA) is 55.8 Å². The van der Waals surface area contributed by atoms with Gasteiger partial charge in [-0.15, -0.1) is 0 Å². The van der Waals surface area contributed by atoms with Crippen LogP contribution in [0.1, 0.15) is 44.9 Å². The molecule has 2 heterocycles. The van der Waals surface area contributed by atoms with Gasteiger partial charge >= 0.3 is 5.97 Å². The molecule has 18 heavy (non-hydrogen) atoms. The number of aliphatic hydroxyl groups is 1. The minimum Gasteiger partial charge on any atom is -0.462 e. The van der Waals surface area contributed by atoms with Gasteiger partial charge in [-0.1, -0.05) is 6.58 Å². The van der Waals surface area contributed by atoms with Gasteiger partial charge in [0.1, 0.15) is 6.10 Å². The first-order valence-electron chi connectivity index (χ1n) is 6.82. The molecule has 0 bridgehead atoms. The zero-order valence-electron chi connectivity index (χ0n) is 10.8. The van der Waals surface area contributed by atoms with Crippen molar-refractivity contribution in [2.75, 3.05) is 6.61 Å². The van der Waals surface area contributed by atoms with Crippen LogP contribution >= 0.6 is 0 Å². The molecule has 0 amide bonds. The van der Waals surface area contributed by atoms with Gasteiger partial charge in [0.05, 0.1) is 12.2 Å². The second kappa shape index (κ2) is 6.34. The Morgan fingerprint density at radius 3 is 2.78 bits per heavy atom. The number of carbonyl (C=O) groups is 1. The predicted octanol–water partition coefficient (Wildman–Crippen LogP) is 1.96. The van der Waals surface area contributed by atoms with E-state index in [1.807, 2.05) is 0 Å². The minimum absolute atomic E-state index is 0.0744. The molecular weight excluding hydrogens is 232 g/mol. The Balaban J connectivity index is 1.69. The highest BCUT2D eigenvalue weighted by Crippen LogP contribution is 2.31. The van der Waals surface area contributed by atoms with Crippen LogP contribution in [0.25, 0.3) is 0 Å². The highest BCUT2D eigenvalue weighted by Gasteiger charge is 2.30. The quantitative estimate of drug-likeness (QED) is 0.581. The molecule has 4 heteroatoms. The Hall–Kier alpha value is -0.870. The van der Waals surface area contributed by atoms with Gasteiger partial charge < -0.3 is 14.6 Å². The van der Waals surface area contributed by atoms with Crippen LogP contribution in [0, 0.1) is 0 Å². The maximum atomic E-state index is 11.0. The van der Waals surface area contributed by atoms with E-state index in [1.165, 1.54) is 0 Å². The number of carbonyl (C=O) groups excluding carboxylic acids is 1. The van der Waals surface area contributed by atoms with Crippen LogP contribution in [0.3, 0.4) is 0 Å². The van der Waals surface area contributed by atoms with Gasteiger partial charge in [0.2, 0.25) is 0 Å². The van der Waals surface area contributed by atoms with Gasteiger partial charge in [0.15, 0.2) is 0 Å². The molecule has 2 aliphatic rings. The first-order chi connectivity index (χ1) is 8.69. The first kappa shape index (κ1) is 13.6. The molecule has 0 aromatic heterocycles. The number of hydrogen-bond acceptors (Lipinski definition) is 4. The third-order valence-electron chi connectivity index (χ3n) is 3.71. The number of esters is 1. The van der Waals surface area contributed by atoms with Crippen molar-refractivity contribution in [1.29, 1.82) is 0 Å². The number of ether oxygens (including phenoxy) is 2. The van der Waals surface area contributed by atoms with Gasteiger partial charge in [0.25, 0.3) is 0 Å². The smallest absolute Gasteiger partial charge is 0.306 e. The molecule has 0 saturated carbocycles. The highest BCUT2D eigenvalue weighted by atomic mass is 16.5. The minimum atomic E-state index is -0.0769. The van der Waals surface area contributed by atoms with Gasteiger partial charge in [-0.25, -0.2) is 0 Å². The zero-order chi connectivity index (χ0) is 13.0. The van der Waals surface area contributed by atoms with Gasteiger partial charge in [0, 0.05) is 13.0 Å². The van der Waals surface area contributed by atoms with Crippen molar-refractivity contribution in [2.45, 2.75) is 63.3 Å². The van der Waals surface area contributed by atoms with Gasteiger partial charge in [-0.05, 0) is 44.1 Å². The molecule has 2 saturated heterocycles. The highest BCUT2D eigenvalue weighted by molar-refractivity contribution is 5.71. The SMILES string of the molecule is C=C1C[C@H](CCCO)O[C@H]1CCC1CCC(=O)O1. The molecule has 1 N–H and O–H groups in total. The Morgan fingerprint density at radius 1 is 1.28 bits per heavy atom. The van der Waals surface area contributed by atoms with Gasteiger partial charge in [-0.2, -0.15) is 0 Å². The number of hydrogen-bond donors (Lipinski definition) is 1. The first-order valence-corrected chi connectivity index (χ1v) is 6.82. The fraction of sp³-hybridized carbons (Fsp3) is 0.786. The largest absolute Gasteiger partial charge is 0.462 e. The molecule has 2 rings (SSSR count). The van der Waals surface area contributed by atoms with Crippen LogP contribution in [-0.4, -0.2) is 36.0 Å². The molecule has 0 spiro atoms. The lowest BCUT2D eigenvalue weighted by Gasteiger charge is -2.15. The van der Waals surface area contributed by atoms with Crippen LogP contribution in [-0.2, 0) is 14.3 Å². The lowest BCUT2D eigenvalue weighted by Crippen LogP contribution is -2.15. The summed E-state index contributed by atoms with van der Waals surface area (Å²) in [5, 5.41) is 8.80. The molecule has 4 nitrogen and oxygen atoms in total. The molecule has 0 radical (unpaired) electrons. The summed E-state index contributed by atoms with van der Waals surface area (Å²) in [6, 6.07) is 0. The second-order valence-electron chi connectivity index (χ2n) is 5.20. The van der Waals surface area contributed by atoms with E-state index in [-0.39, 0.29) is 30.9 Å². The van der Waals surface area contributed by atoms with Crippen LogP contribution in [0.2, 0.25) is 0 Å². The van der Waals surface area contributed by atoms with Crippen LogP contribution in [0.5, 0.6) is 0 Å². The summed E-state index contributed by atoms with van der Waals surface area (Å²) in [7, 11) is 0. The van der Waals surface area contributed by atoms with Crippen molar-refractivity contribution >= 4 is 5.97 Å². The second-order valence-corrected chi connectivity index (χ2v) is 5.20. The van der Waals surface area contributed by atoms with Crippen molar-refractivity contribution in [3.8, 4) is 0 Å². The Labute approximate surface area is 108 Å². The number of rotatable bonds is 6. The van der Waals surface area contributed by atoms with E-state index in [9.17, 15) is 4.79 Å². The lowest BCUT2D eigenvalue weighted by atomic mass is 10.0. The molecule has 3 atom stereocenters. The van der Waals surface area contributed by atoms with Crippen LogP contribution in [0.4, 0.5) is 0 Å². The number of cyclic esters (lactones) is 1. The molecule has 1 unspecified atom stereocenters. The van der Waals surface area contributed by atoms with E-state index >= 15 is 0 Å². The molecule has 0 aromatic carbocycles. The van der Waals surface area contributed by atoms with E-state index in [0.717, 1.165) is 44.1 Å². The zero-order valence-corrected chi connectivity index (χ0v) is 10.8. The van der Waals surface area contributed by atoms with Crippen molar-refractivity contribution in [3.05, 3.63) is 12.2 Å². The average molecular weight is 254 g/mol. The van der Waals surface area contributed by atoms with Crippen molar-refractivity contribution in [3.63, 3.8) is 0 Å². The summed E-state index contributed by atoms with van der Waals surface area (Å²) < 4.78 is 11.1. The Kier molecular flexibility index (Phi) is 4.78. The third kappa shape index (κ3) is 3.56. The molecular formula is C14H22O4. The Bertz CT molecular complexity index is 313. The summed E-state index contributed by atoms with van der Waals surface area (Å²) in [4.78, 5) is 11.0. The van der Waals surface area contributed by atoms with Crippen molar-refractivity contribution < 1.29 is 19.4 Å². The van der Waals surface area contributed by atoms with E-state index < -0.39 is 0 Å². The van der Waals surface area contributed by atoms with Crippen molar-refractivity contribution in [1.82, 2.24) is 0 Å². The summed E-state index contributed by atoms with van der Waals surface area (Å²) >= 11 is 0. The fourth-order valence-electron chi connectivity index (χ4n) is 2.68. The monoisotopic (exact) mass is 254 g/mol.